The molecule has 0 unspecified atom stereocenters. The van der Waals surface area contributed by atoms with Gasteiger partial charge in [0.05, 0.1) is 29.8 Å². The molecule has 0 spiro atoms. The van der Waals surface area contributed by atoms with Gasteiger partial charge in [-0.2, -0.15) is 5.10 Å². The van der Waals surface area contributed by atoms with Gasteiger partial charge in [0, 0.05) is 18.7 Å². The summed E-state index contributed by atoms with van der Waals surface area (Å²) in [5.74, 6) is 0.436. The molecule has 0 radical (unpaired) electrons. The van der Waals surface area contributed by atoms with E-state index in [0.717, 1.165) is 26.9 Å². The smallest absolute Gasteiger partial charge is 0.245 e. The Morgan fingerprint density at radius 3 is 2.62 bits per heavy atom. The standard InChI is InChI=1S/C24H28BrN3O4/c1-5-31-21-11-17(10-20(25)23(21)32-6-2)13-26-27-24(30)18-12-22(29)28(14-18)19-8-7-15(3)16(4)9-19/h7-11,13,18H,5-6,12,14H2,1-4H3,(H,27,30)/b26-13-/t18-/m1/s1. The molecular weight excluding hydrogens is 474 g/mol. The highest BCUT2D eigenvalue weighted by Crippen LogP contribution is 2.36. The third-order valence-corrected chi connectivity index (χ3v) is 5.90. The number of nitrogens with one attached hydrogen (secondary N) is 1. The highest BCUT2D eigenvalue weighted by molar-refractivity contribution is 9.10. The van der Waals surface area contributed by atoms with Gasteiger partial charge in [-0.1, -0.05) is 6.07 Å². The number of amides is 2. The number of benzene rings is 2. The van der Waals surface area contributed by atoms with E-state index in [9.17, 15) is 9.59 Å². The van der Waals surface area contributed by atoms with Gasteiger partial charge in [-0.3, -0.25) is 9.59 Å². The lowest BCUT2D eigenvalue weighted by Crippen LogP contribution is -2.30. The summed E-state index contributed by atoms with van der Waals surface area (Å²) >= 11 is 3.49. The third kappa shape index (κ3) is 5.48. The van der Waals surface area contributed by atoms with Crippen LogP contribution in [0.4, 0.5) is 5.69 Å². The third-order valence-electron chi connectivity index (χ3n) is 5.31. The molecule has 32 heavy (non-hydrogen) atoms. The summed E-state index contributed by atoms with van der Waals surface area (Å²) in [6.45, 7) is 9.19. The van der Waals surface area contributed by atoms with Crippen molar-refractivity contribution in [2.45, 2.75) is 34.1 Å². The first-order valence-electron chi connectivity index (χ1n) is 10.6. The minimum absolute atomic E-state index is 0.0609. The number of rotatable bonds is 8. The summed E-state index contributed by atoms with van der Waals surface area (Å²) in [6.07, 6.45) is 1.70. The maximum Gasteiger partial charge on any atom is 0.245 e. The molecule has 0 aliphatic carbocycles. The van der Waals surface area contributed by atoms with Gasteiger partial charge in [0.1, 0.15) is 0 Å². The highest BCUT2D eigenvalue weighted by atomic mass is 79.9. The summed E-state index contributed by atoms with van der Waals surface area (Å²) < 4.78 is 12.0. The molecule has 2 aromatic rings. The number of hydrogen-bond acceptors (Lipinski definition) is 5. The van der Waals surface area contributed by atoms with Crippen molar-refractivity contribution in [3.05, 3.63) is 51.5 Å². The Morgan fingerprint density at radius 2 is 1.94 bits per heavy atom. The van der Waals surface area contributed by atoms with Crippen LogP contribution in [0.3, 0.4) is 0 Å². The van der Waals surface area contributed by atoms with E-state index in [-0.39, 0.29) is 18.2 Å². The summed E-state index contributed by atoms with van der Waals surface area (Å²) in [6, 6.07) is 9.52. The minimum atomic E-state index is -0.452. The molecule has 1 N–H and O–H groups in total. The fraction of sp³-hybridized carbons (Fsp3) is 0.375. The second-order valence-corrected chi connectivity index (χ2v) is 8.46. The number of hydrazone groups is 1. The molecule has 2 amide bonds. The number of aryl methyl sites for hydroxylation is 2. The maximum atomic E-state index is 12.6. The fourth-order valence-electron chi connectivity index (χ4n) is 3.50. The van der Waals surface area contributed by atoms with E-state index in [4.69, 9.17) is 9.47 Å². The largest absolute Gasteiger partial charge is 0.490 e. The summed E-state index contributed by atoms with van der Waals surface area (Å²) in [7, 11) is 0. The van der Waals surface area contributed by atoms with Crippen molar-refractivity contribution >= 4 is 39.6 Å². The molecule has 1 saturated heterocycles. The molecule has 0 aromatic heterocycles. The van der Waals surface area contributed by atoms with E-state index in [2.05, 4.69) is 26.5 Å². The molecule has 1 aliphatic heterocycles. The van der Waals surface area contributed by atoms with Crippen molar-refractivity contribution in [3.63, 3.8) is 0 Å². The van der Waals surface area contributed by atoms with Gasteiger partial charge in [-0.25, -0.2) is 5.43 Å². The SMILES string of the molecule is CCOc1cc(/C=N\NC(=O)[C@@H]2CC(=O)N(c3ccc(C)c(C)c3)C2)cc(Br)c1OCC. The van der Waals surface area contributed by atoms with Crippen LogP contribution in [0.1, 0.15) is 37.0 Å². The molecule has 8 heteroatoms. The Balaban J connectivity index is 1.65. The lowest BCUT2D eigenvalue weighted by molar-refractivity contribution is -0.126. The van der Waals surface area contributed by atoms with E-state index in [0.29, 0.717) is 31.3 Å². The zero-order valence-electron chi connectivity index (χ0n) is 18.8. The molecule has 0 saturated carbocycles. The number of anilines is 1. The minimum Gasteiger partial charge on any atom is -0.490 e. The summed E-state index contributed by atoms with van der Waals surface area (Å²) in [5.41, 5.74) is 6.40. The normalized spacial score (nSPS) is 16.0. The molecule has 3 rings (SSSR count). The first-order chi connectivity index (χ1) is 15.3. The van der Waals surface area contributed by atoms with E-state index < -0.39 is 5.92 Å². The number of ether oxygens (including phenoxy) is 2. The molecule has 1 heterocycles. The second-order valence-electron chi connectivity index (χ2n) is 7.60. The van der Waals surface area contributed by atoms with E-state index in [1.165, 1.54) is 0 Å². The summed E-state index contributed by atoms with van der Waals surface area (Å²) in [4.78, 5) is 26.7. The fourth-order valence-corrected chi connectivity index (χ4v) is 4.07. The van der Waals surface area contributed by atoms with E-state index in [1.807, 2.05) is 52.0 Å². The highest BCUT2D eigenvalue weighted by Gasteiger charge is 2.35. The first-order valence-corrected chi connectivity index (χ1v) is 11.4. The number of halogens is 1. The topological polar surface area (TPSA) is 80.2 Å². The van der Waals surface area contributed by atoms with Crippen molar-refractivity contribution in [1.82, 2.24) is 5.43 Å². The van der Waals surface area contributed by atoms with Gasteiger partial charge in [0.15, 0.2) is 11.5 Å². The van der Waals surface area contributed by atoms with Crippen LogP contribution in [0.5, 0.6) is 11.5 Å². The van der Waals surface area contributed by atoms with Crippen molar-refractivity contribution in [1.29, 1.82) is 0 Å². The monoisotopic (exact) mass is 501 g/mol. The van der Waals surface area contributed by atoms with Gasteiger partial charge < -0.3 is 14.4 Å². The Bertz CT molecular complexity index is 1040. The Labute approximate surface area is 196 Å². The van der Waals surface area contributed by atoms with Crippen LogP contribution in [-0.4, -0.2) is 37.8 Å². The van der Waals surface area contributed by atoms with Crippen molar-refractivity contribution in [2.75, 3.05) is 24.7 Å². The van der Waals surface area contributed by atoms with Crippen molar-refractivity contribution in [2.24, 2.45) is 11.0 Å². The molecule has 2 aromatic carbocycles. The van der Waals surface area contributed by atoms with Gasteiger partial charge in [-0.05, 0) is 84.6 Å². The lowest BCUT2D eigenvalue weighted by atomic mass is 10.1. The number of hydrogen-bond donors (Lipinski definition) is 1. The first kappa shape index (κ1) is 23.8. The number of carbonyl (C=O) groups is 2. The molecule has 0 bridgehead atoms. The predicted molar refractivity (Wildman–Crippen MR) is 129 cm³/mol. The van der Waals surface area contributed by atoms with Crippen LogP contribution in [0.15, 0.2) is 39.9 Å². The van der Waals surface area contributed by atoms with Gasteiger partial charge in [-0.15, -0.1) is 0 Å². The number of carbonyl (C=O) groups excluding carboxylic acids is 2. The maximum absolute atomic E-state index is 12.6. The van der Waals surface area contributed by atoms with Crippen molar-refractivity contribution in [3.8, 4) is 11.5 Å². The Morgan fingerprint density at radius 1 is 1.19 bits per heavy atom. The van der Waals surface area contributed by atoms with Gasteiger partial charge >= 0.3 is 0 Å². The van der Waals surface area contributed by atoms with E-state index >= 15 is 0 Å². The molecule has 1 aliphatic rings. The lowest BCUT2D eigenvalue weighted by Gasteiger charge is -2.17. The predicted octanol–water partition coefficient (Wildman–Crippen LogP) is 4.37. The zero-order chi connectivity index (χ0) is 23.3. The average Bonchev–Trinajstić information content (AvgIpc) is 3.14. The van der Waals surface area contributed by atoms with Crippen LogP contribution in [0, 0.1) is 19.8 Å². The van der Waals surface area contributed by atoms with Crippen molar-refractivity contribution < 1.29 is 19.1 Å². The zero-order valence-corrected chi connectivity index (χ0v) is 20.4. The molecule has 1 atom stereocenters. The molecular formula is C24H28BrN3O4. The van der Waals surface area contributed by atoms with Crippen LogP contribution >= 0.6 is 15.9 Å². The second kappa shape index (κ2) is 10.6. The van der Waals surface area contributed by atoms with Crippen LogP contribution in [0.2, 0.25) is 0 Å². The Hall–Kier alpha value is -2.87. The Kier molecular flexibility index (Phi) is 7.90. The molecule has 7 nitrogen and oxygen atoms in total. The molecule has 1 fully saturated rings. The van der Waals surface area contributed by atoms with Crippen LogP contribution < -0.4 is 19.8 Å². The van der Waals surface area contributed by atoms with E-state index in [1.54, 1.807) is 17.2 Å². The van der Waals surface area contributed by atoms with Gasteiger partial charge in [0.2, 0.25) is 11.8 Å². The molecule has 170 valence electrons. The quantitative estimate of drug-likeness (QED) is 0.430. The number of nitrogens with zero attached hydrogens (tertiary/aromatic N) is 2. The average molecular weight is 502 g/mol. The van der Waals surface area contributed by atoms with Crippen LogP contribution in [0.25, 0.3) is 0 Å². The van der Waals surface area contributed by atoms with Gasteiger partial charge in [0.25, 0.3) is 0 Å². The van der Waals surface area contributed by atoms with Crippen LogP contribution in [-0.2, 0) is 9.59 Å². The summed E-state index contributed by atoms with van der Waals surface area (Å²) in [5, 5.41) is 4.08.